The van der Waals surface area contributed by atoms with Gasteiger partial charge in [0.1, 0.15) is 5.75 Å². The van der Waals surface area contributed by atoms with E-state index in [1.54, 1.807) is 31.4 Å². The molecule has 1 saturated heterocycles. The van der Waals surface area contributed by atoms with Crippen LogP contribution in [0.4, 0.5) is 4.79 Å². The van der Waals surface area contributed by atoms with Gasteiger partial charge in [-0.15, -0.1) is 0 Å². The summed E-state index contributed by atoms with van der Waals surface area (Å²) in [7, 11) is -1.85. The van der Waals surface area contributed by atoms with Crippen molar-refractivity contribution in [3.8, 4) is 5.75 Å². The molecule has 0 spiro atoms. The van der Waals surface area contributed by atoms with Gasteiger partial charge in [-0.3, -0.25) is 0 Å². The summed E-state index contributed by atoms with van der Waals surface area (Å²) < 4.78 is 32.0. The molecular formula is C21H26ClN3O4S. The summed E-state index contributed by atoms with van der Waals surface area (Å²) in [6.07, 6.45) is 1.13. The first-order chi connectivity index (χ1) is 14.4. The molecule has 2 N–H and O–H groups in total. The van der Waals surface area contributed by atoms with E-state index in [0.717, 1.165) is 11.3 Å². The Morgan fingerprint density at radius 1 is 1.13 bits per heavy atom. The van der Waals surface area contributed by atoms with Gasteiger partial charge in [0.2, 0.25) is 10.0 Å². The number of halogens is 1. The van der Waals surface area contributed by atoms with E-state index in [0.29, 0.717) is 43.1 Å². The molecule has 162 valence electrons. The Morgan fingerprint density at radius 3 is 2.43 bits per heavy atom. The van der Waals surface area contributed by atoms with E-state index in [2.05, 4.69) is 10.6 Å². The number of rotatable bonds is 7. The number of carbonyl (C=O) groups is 1. The van der Waals surface area contributed by atoms with Crippen LogP contribution in [0.5, 0.6) is 5.75 Å². The molecule has 9 heteroatoms. The minimum absolute atomic E-state index is 0.0624. The Hall–Kier alpha value is -2.29. The molecule has 7 nitrogen and oxygen atoms in total. The van der Waals surface area contributed by atoms with Crippen LogP contribution < -0.4 is 15.4 Å². The number of amides is 2. The second-order valence-corrected chi connectivity index (χ2v) is 9.57. The van der Waals surface area contributed by atoms with Gasteiger partial charge in [-0.05, 0) is 42.2 Å². The first kappa shape index (κ1) is 22.4. The molecule has 0 radical (unpaired) electrons. The number of hydrogen-bond acceptors (Lipinski definition) is 4. The maximum absolute atomic E-state index is 12.7. The van der Waals surface area contributed by atoms with Gasteiger partial charge in [0.25, 0.3) is 0 Å². The maximum atomic E-state index is 12.7. The Labute approximate surface area is 182 Å². The lowest BCUT2D eigenvalue weighted by Gasteiger charge is -2.31. The number of ether oxygens (including phenoxy) is 1. The monoisotopic (exact) mass is 451 g/mol. The molecule has 0 atom stereocenters. The zero-order valence-corrected chi connectivity index (χ0v) is 18.4. The maximum Gasteiger partial charge on any atom is 0.315 e. The normalized spacial score (nSPS) is 15.5. The van der Waals surface area contributed by atoms with Gasteiger partial charge in [-0.2, -0.15) is 0 Å². The predicted molar refractivity (Wildman–Crippen MR) is 117 cm³/mol. The zero-order chi connectivity index (χ0) is 21.6. The molecule has 2 aromatic carbocycles. The highest BCUT2D eigenvalue weighted by Crippen LogP contribution is 2.22. The van der Waals surface area contributed by atoms with Gasteiger partial charge < -0.3 is 15.4 Å². The molecular weight excluding hydrogens is 426 g/mol. The van der Waals surface area contributed by atoms with Crippen molar-refractivity contribution in [2.75, 3.05) is 20.2 Å². The van der Waals surface area contributed by atoms with Gasteiger partial charge in [-0.25, -0.2) is 17.5 Å². The standard InChI is InChI=1S/C21H26ClN3O4S/c1-29-19-8-6-16(7-9-19)14-23-21(26)24-18-10-12-25(13-11-18)30(27,28)15-17-4-2-3-5-20(17)22/h2-9,18H,10-15H2,1H3,(H2,23,24,26). The number of hydrogen-bond donors (Lipinski definition) is 2. The molecule has 1 fully saturated rings. The lowest BCUT2D eigenvalue weighted by molar-refractivity contribution is 0.227. The van der Waals surface area contributed by atoms with E-state index in [1.807, 2.05) is 24.3 Å². The number of benzene rings is 2. The summed E-state index contributed by atoms with van der Waals surface area (Å²) in [5, 5.41) is 6.20. The smallest absolute Gasteiger partial charge is 0.315 e. The van der Waals surface area contributed by atoms with Crippen molar-refractivity contribution in [3.05, 3.63) is 64.7 Å². The summed E-state index contributed by atoms with van der Waals surface area (Å²) in [5.74, 6) is 0.645. The number of sulfonamides is 1. The number of urea groups is 1. The average Bonchev–Trinajstić information content (AvgIpc) is 2.74. The number of piperidine rings is 1. The summed E-state index contributed by atoms with van der Waals surface area (Å²) in [4.78, 5) is 12.2. The zero-order valence-electron chi connectivity index (χ0n) is 16.8. The highest BCUT2D eigenvalue weighted by Gasteiger charge is 2.29. The number of nitrogens with zero attached hydrogens (tertiary/aromatic N) is 1. The summed E-state index contributed by atoms with van der Waals surface area (Å²) in [5.41, 5.74) is 1.56. The van der Waals surface area contributed by atoms with E-state index in [4.69, 9.17) is 16.3 Å². The van der Waals surface area contributed by atoms with Crippen LogP contribution in [0.25, 0.3) is 0 Å². The fraction of sp³-hybridized carbons (Fsp3) is 0.381. The first-order valence-corrected chi connectivity index (χ1v) is 11.7. The van der Waals surface area contributed by atoms with Crippen molar-refractivity contribution >= 4 is 27.7 Å². The minimum atomic E-state index is -3.45. The van der Waals surface area contributed by atoms with Crippen molar-refractivity contribution in [2.45, 2.75) is 31.2 Å². The number of carbonyl (C=O) groups excluding carboxylic acids is 1. The van der Waals surface area contributed by atoms with Crippen LogP contribution in [0.3, 0.4) is 0 Å². The van der Waals surface area contributed by atoms with Gasteiger partial charge in [0, 0.05) is 30.7 Å². The van der Waals surface area contributed by atoms with E-state index in [1.165, 1.54) is 4.31 Å². The van der Waals surface area contributed by atoms with Crippen LogP contribution in [-0.4, -0.2) is 45.0 Å². The van der Waals surface area contributed by atoms with Crippen molar-refractivity contribution < 1.29 is 17.9 Å². The molecule has 30 heavy (non-hydrogen) atoms. The molecule has 1 heterocycles. The Morgan fingerprint density at radius 2 is 1.80 bits per heavy atom. The van der Waals surface area contributed by atoms with Crippen LogP contribution >= 0.6 is 11.6 Å². The van der Waals surface area contributed by atoms with Gasteiger partial charge >= 0.3 is 6.03 Å². The molecule has 3 rings (SSSR count). The van der Waals surface area contributed by atoms with E-state index in [9.17, 15) is 13.2 Å². The Bertz CT molecular complexity index is 958. The van der Waals surface area contributed by atoms with Crippen molar-refractivity contribution in [3.63, 3.8) is 0 Å². The van der Waals surface area contributed by atoms with E-state index < -0.39 is 10.0 Å². The second-order valence-electron chi connectivity index (χ2n) is 7.20. The van der Waals surface area contributed by atoms with E-state index in [-0.39, 0.29) is 17.8 Å². The quantitative estimate of drug-likeness (QED) is 0.677. The fourth-order valence-electron chi connectivity index (χ4n) is 3.34. The van der Waals surface area contributed by atoms with Gasteiger partial charge in [0.05, 0.1) is 12.9 Å². The highest BCUT2D eigenvalue weighted by molar-refractivity contribution is 7.88. The molecule has 0 unspecified atom stereocenters. The van der Waals surface area contributed by atoms with Crippen molar-refractivity contribution in [1.82, 2.24) is 14.9 Å². The lowest BCUT2D eigenvalue weighted by atomic mass is 10.1. The molecule has 2 aromatic rings. The minimum Gasteiger partial charge on any atom is -0.497 e. The van der Waals surface area contributed by atoms with E-state index >= 15 is 0 Å². The van der Waals surface area contributed by atoms with Crippen LogP contribution in [0.15, 0.2) is 48.5 Å². The predicted octanol–water partition coefficient (Wildman–Crippen LogP) is 3.14. The Kier molecular flexibility index (Phi) is 7.58. The third-order valence-corrected chi connectivity index (χ3v) is 7.29. The highest BCUT2D eigenvalue weighted by atomic mass is 35.5. The van der Waals surface area contributed by atoms with Crippen LogP contribution in [0.2, 0.25) is 5.02 Å². The summed E-state index contributed by atoms with van der Waals surface area (Å²) in [6.45, 7) is 1.15. The van der Waals surface area contributed by atoms with Gasteiger partial charge in [0.15, 0.2) is 0 Å². The van der Waals surface area contributed by atoms with Crippen LogP contribution in [0, 0.1) is 0 Å². The SMILES string of the molecule is COc1ccc(CNC(=O)NC2CCN(S(=O)(=O)Cc3ccccc3Cl)CC2)cc1. The van der Waals surface area contributed by atoms with Crippen LogP contribution in [-0.2, 0) is 22.3 Å². The molecule has 0 aromatic heterocycles. The largest absolute Gasteiger partial charge is 0.497 e. The third-order valence-electron chi connectivity index (χ3n) is 5.09. The third kappa shape index (κ3) is 6.10. The summed E-state index contributed by atoms with van der Waals surface area (Å²) in [6, 6.07) is 14.1. The molecule has 0 saturated carbocycles. The van der Waals surface area contributed by atoms with Crippen molar-refractivity contribution in [2.24, 2.45) is 0 Å². The number of methoxy groups -OCH3 is 1. The molecule has 0 aliphatic carbocycles. The first-order valence-electron chi connectivity index (χ1n) is 9.76. The second kappa shape index (κ2) is 10.1. The average molecular weight is 452 g/mol. The molecule has 1 aliphatic rings. The molecule has 2 amide bonds. The lowest BCUT2D eigenvalue weighted by Crippen LogP contribution is -2.49. The fourth-order valence-corrected chi connectivity index (χ4v) is 5.22. The number of nitrogens with one attached hydrogen (secondary N) is 2. The molecule has 0 bridgehead atoms. The topological polar surface area (TPSA) is 87.7 Å². The summed E-state index contributed by atoms with van der Waals surface area (Å²) >= 11 is 6.10. The van der Waals surface area contributed by atoms with Crippen LogP contribution in [0.1, 0.15) is 24.0 Å². The Balaban J connectivity index is 1.44. The van der Waals surface area contributed by atoms with Crippen molar-refractivity contribution in [1.29, 1.82) is 0 Å². The van der Waals surface area contributed by atoms with Gasteiger partial charge in [-0.1, -0.05) is 41.9 Å². The molecule has 1 aliphatic heterocycles.